The van der Waals surface area contributed by atoms with E-state index in [4.69, 9.17) is 15.7 Å². The molecule has 0 spiro atoms. The molecule has 6 nitrogen and oxygen atoms in total. The van der Waals surface area contributed by atoms with Gasteiger partial charge >= 0.3 is 6.09 Å². The van der Waals surface area contributed by atoms with Crippen LogP contribution >= 0.6 is 0 Å². The Labute approximate surface area is 114 Å². The zero-order valence-electron chi connectivity index (χ0n) is 12.2. The van der Waals surface area contributed by atoms with Crippen molar-refractivity contribution in [3.05, 3.63) is 0 Å². The molecular formula is C13H25N3O3. The summed E-state index contributed by atoms with van der Waals surface area (Å²) >= 11 is 0. The van der Waals surface area contributed by atoms with E-state index < -0.39 is 5.60 Å². The third kappa shape index (κ3) is 4.61. The summed E-state index contributed by atoms with van der Waals surface area (Å²) in [5, 5.41) is 11.7. The molecule has 1 rings (SSSR count). The van der Waals surface area contributed by atoms with Gasteiger partial charge in [0.05, 0.1) is 0 Å². The van der Waals surface area contributed by atoms with Crippen LogP contribution in [0.15, 0.2) is 5.16 Å². The van der Waals surface area contributed by atoms with Crippen molar-refractivity contribution in [3.8, 4) is 0 Å². The van der Waals surface area contributed by atoms with E-state index in [1.165, 1.54) is 0 Å². The highest BCUT2D eigenvalue weighted by Gasteiger charge is 2.30. The number of hydrogen-bond acceptors (Lipinski definition) is 4. The number of rotatable bonds is 2. The fourth-order valence-corrected chi connectivity index (χ4v) is 2.32. The van der Waals surface area contributed by atoms with Crippen molar-refractivity contribution >= 4 is 11.9 Å². The summed E-state index contributed by atoms with van der Waals surface area (Å²) in [6.45, 7) is 5.57. The van der Waals surface area contributed by atoms with Crippen LogP contribution in [0.3, 0.4) is 0 Å². The van der Waals surface area contributed by atoms with Crippen LogP contribution in [0.5, 0.6) is 0 Å². The quantitative estimate of drug-likeness (QED) is 0.348. The third-order valence-corrected chi connectivity index (χ3v) is 3.46. The largest absolute Gasteiger partial charge is 0.444 e. The predicted octanol–water partition coefficient (Wildman–Crippen LogP) is 2.16. The number of amides is 1. The minimum Gasteiger partial charge on any atom is -0.444 e. The average Bonchev–Trinajstić information content (AvgIpc) is 2.35. The molecule has 0 aromatic heterocycles. The van der Waals surface area contributed by atoms with Crippen LogP contribution in [0.2, 0.25) is 0 Å². The molecule has 1 saturated carbocycles. The van der Waals surface area contributed by atoms with Crippen molar-refractivity contribution in [1.29, 1.82) is 0 Å². The number of nitrogens with two attached hydrogens (primary N) is 1. The second kappa shape index (κ2) is 6.12. The van der Waals surface area contributed by atoms with Crippen LogP contribution in [-0.4, -0.2) is 40.7 Å². The SMILES string of the molecule is CN(C(=O)OC(C)(C)C)C1CCC(C(N)=NO)CC1. The average molecular weight is 271 g/mol. The predicted molar refractivity (Wildman–Crippen MR) is 73.2 cm³/mol. The number of oxime groups is 1. The van der Waals surface area contributed by atoms with Crippen molar-refractivity contribution in [3.63, 3.8) is 0 Å². The Kier molecular flexibility index (Phi) is 5.03. The Hall–Kier alpha value is -1.46. The van der Waals surface area contributed by atoms with Gasteiger partial charge in [0.15, 0.2) is 0 Å². The lowest BCUT2D eigenvalue weighted by molar-refractivity contribution is 0.0181. The molecule has 0 heterocycles. The van der Waals surface area contributed by atoms with Gasteiger partial charge in [-0.25, -0.2) is 4.79 Å². The summed E-state index contributed by atoms with van der Waals surface area (Å²) in [6, 6.07) is 0.164. The number of carbonyl (C=O) groups excluding carboxylic acids is 1. The lowest BCUT2D eigenvalue weighted by atomic mass is 9.85. The number of carbonyl (C=O) groups is 1. The van der Waals surface area contributed by atoms with E-state index >= 15 is 0 Å². The molecule has 0 unspecified atom stereocenters. The van der Waals surface area contributed by atoms with Crippen molar-refractivity contribution < 1.29 is 14.7 Å². The van der Waals surface area contributed by atoms with Crippen LogP contribution in [0.25, 0.3) is 0 Å². The molecule has 3 N–H and O–H groups in total. The van der Waals surface area contributed by atoms with Gasteiger partial charge in [0.2, 0.25) is 0 Å². The summed E-state index contributed by atoms with van der Waals surface area (Å²) in [5.41, 5.74) is 5.13. The van der Waals surface area contributed by atoms with Crippen LogP contribution in [0, 0.1) is 5.92 Å². The Balaban J connectivity index is 2.49. The van der Waals surface area contributed by atoms with E-state index in [0.29, 0.717) is 5.84 Å². The zero-order valence-corrected chi connectivity index (χ0v) is 12.2. The number of amidine groups is 1. The third-order valence-electron chi connectivity index (χ3n) is 3.46. The Morgan fingerprint density at radius 1 is 1.32 bits per heavy atom. The molecule has 1 amide bonds. The molecule has 0 atom stereocenters. The van der Waals surface area contributed by atoms with Crippen molar-refractivity contribution in [2.24, 2.45) is 16.8 Å². The molecule has 0 aliphatic heterocycles. The van der Waals surface area contributed by atoms with Gasteiger partial charge in [-0.1, -0.05) is 5.16 Å². The highest BCUT2D eigenvalue weighted by atomic mass is 16.6. The topological polar surface area (TPSA) is 88.2 Å². The van der Waals surface area contributed by atoms with Crippen molar-refractivity contribution in [1.82, 2.24) is 4.90 Å². The van der Waals surface area contributed by atoms with Gasteiger partial charge in [-0.3, -0.25) is 0 Å². The van der Waals surface area contributed by atoms with Gasteiger partial charge in [0.1, 0.15) is 11.4 Å². The first-order chi connectivity index (χ1) is 8.74. The summed E-state index contributed by atoms with van der Waals surface area (Å²) < 4.78 is 5.35. The van der Waals surface area contributed by atoms with Crippen LogP contribution < -0.4 is 5.73 Å². The van der Waals surface area contributed by atoms with Crippen molar-refractivity contribution in [2.75, 3.05) is 7.05 Å². The second-order valence-corrected chi connectivity index (χ2v) is 6.12. The van der Waals surface area contributed by atoms with Gasteiger partial charge in [-0.2, -0.15) is 0 Å². The van der Waals surface area contributed by atoms with E-state index in [-0.39, 0.29) is 18.1 Å². The van der Waals surface area contributed by atoms with E-state index in [1.807, 2.05) is 20.8 Å². The van der Waals surface area contributed by atoms with E-state index in [0.717, 1.165) is 25.7 Å². The summed E-state index contributed by atoms with van der Waals surface area (Å²) in [5.74, 6) is 0.409. The lowest BCUT2D eigenvalue weighted by Crippen LogP contribution is -2.43. The molecule has 0 radical (unpaired) electrons. The monoisotopic (exact) mass is 271 g/mol. The standard InChI is InChI=1S/C13H25N3O3/c1-13(2,3)19-12(17)16(4)10-7-5-9(6-8-10)11(14)15-18/h9-10,18H,5-8H2,1-4H3,(H2,14,15). The zero-order chi connectivity index (χ0) is 14.6. The Morgan fingerprint density at radius 2 is 1.84 bits per heavy atom. The maximum atomic E-state index is 11.9. The van der Waals surface area contributed by atoms with E-state index in [2.05, 4.69) is 5.16 Å². The summed E-state index contributed by atoms with van der Waals surface area (Å²) in [7, 11) is 1.77. The molecule has 110 valence electrons. The molecule has 1 aliphatic carbocycles. The maximum absolute atomic E-state index is 11.9. The van der Waals surface area contributed by atoms with Gasteiger partial charge in [0, 0.05) is 19.0 Å². The van der Waals surface area contributed by atoms with Crippen LogP contribution in [0.4, 0.5) is 4.79 Å². The molecule has 19 heavy (non-hydrogen) atoms. The van der Waals surface area contributed by atoms with Crippen LogP contribution in [0.1, 0.15) is 46.5 Å². The van der Waals surface area contributed by atoms with Gasteiger partial charge in [-0.15, -0.1) is 0 Å². The number of hydrogen-bond donors (Lipinski definition) is 2. The van der Waals surface area contributed by atoms with Gasteiger partial charge in [0.25, 0.3) is 0 Å². The molecule has 6 heteroatoms. The fraction of sp³-hybridized carbons (Fsp3) is 0.846. The van der Waals surface area contributed by atoms with Gasteiger partial charge in [-0.05, 0) is 46.5 Å². The highest BCUT2D eigenvalue weighted by molar-refractivity contribution is 5.82. The van der Waals surface area contributed by atoms with Crippen molar-refractivity contribution in [2.45, 2.75) is 58.1 Å². The first kappa shape index (κ1) is 15.6. The minimum absolute atomic E-state index is 0.119. The number of nitrogens with zero attached hydrogens (tertiary/aromatic N) is 2. The summed E-state index contributed by atoms with van der Waals surface area (Å²) in [4.78, 5) is 13.6. The summed E-state index contributed by atoms with van der Waals surface area (Å²) in [6.07, 6.45) is 3.05. The van der Waals surface area contributed by atoms with E-state index in [1.54, 1.807) is 11.9 Å². The number of ether oxygens (including phenoxy) is 1. The first-order valence-electron chi connectivity index (χ1n) is 6.68. The molecule has 1 fully saturated rings. The van der Waals surface area contributed by atoms with Gasteiger partial charge < -0.3 is 20.6 Å². The molecule has 0 saturated heterocycles. The fourth-order valence-electron chi connectivity index (χ4n) is 2.32. The molecule has 0 bridgehead atoms. The molecule has 0 aromatic rings. The Bertz CT molecular complexity index is 342. The molecular weight excluding hydrogens is 246 g/mol. The minimum atomic E-state index is -0.476. The Morgan fingerprint density at radius 3 is 2.26 bits per heavy atom. The molecule has 0 aromatic carbocycles. The lowest BCUT2D eigenvalue weighted by Gasteiger charge is -2.35. The first-order valence-corrected chi connectivity index (χ1v) is 6.68. The molecule has 1 aliphatic rings. The van der Waals surface area contributed by atoms with E-state index in [9.17, 15) is 4.79 Å². The van der Waals surface area contributed by atoms with Crippen LogP contribution in [-0.2, 0) is 4.74 Å². The highest BCUT2D eigenvalue weighted by Crippen LogP contribution is 2.28. The maximum Gasteiger partial charge on any atom is 0.410 e. The smallest absolute Gasteiger partial charge is 0.410 e. The normalized spacial score (nSPS) is 24.9. The second-order valence-electron chi connectivity index (χ2n) is 6.12.